The number of hydrogen-bond acceptors (Lipinski definition) is 8. The van der Waals surface area contributed by atoms with Crippen LogP contribution in [-0.4, -0.2) is 53.5 Å². The summed E-state index contributed by atoms with van der Waals surface area (Å²) in [5.41, 5.74) is 1.46. The molecule has 0 bridgehead atoms. The van der Waals surface area contributed by atoms with E-state index >= 15 is 0 Å². The van der Waals surface area contributed by atoms with E-state index in [4.69, 9.17) is 4.74 Å². The molecule has 0 amide bonds. The van der Waals surface area contributed by atoms with Crippen LogP contribution in [-0.2, 0) is 0 Å². The number of carbonyl (C=O) groups is 1. The molecule has 0 atom stereocenters. The molecule has 1 aliphatic heterocycles. The van der Waals surface area contributed by atoms with E-state index in [0.717, 1.165) is 31.9 Å². The summed E-state index contributed by atoms with van der Waals surface area (Å²) in [7, 11) is 0. The van der Waals surface area contributed by atoms with E-state index in [0.29, 0.717) is 23.9 Å². The van der Waals surface area contributed by atoms with Gasteiger partial charge in [0.25, 0.3) is 0 Å². The summed E-state index contributed by atoms with van der Waals surface area (Å²) in [6.07, 6.45) is 3.30. The third-order valence-electron chi connectivity index (χ3n) is 3.88. The van der Waals surface area contributed by atoms with Gasteiger partial charge in [-0.05, 0) is 26.0 Å². The van der Waals surface area contributed by atoms with Crippen LogP contribution in [0.2, 0.25) is 0 Å². The van der Waals surface area contributed by atoms with Gasteiger partial charge in [-0.1, -0.05) is 0 Å². The highest BCUT2D eigenvalue weighted by Crippen LogP contribution is 2.21. The van der Waals surface area contributed by atoms with Crippen LogP contribution in [0, 0.1) is 0 Å². The number of pyridine rings is 1. The average molecular weight is 342 g/mol. The average Bonchev–Trinajstić information content (AvgIpc) is 2.63. The summed E-state index contributed by atoms with van der Waals surface area (Å²) in [4.78, 5) is 26.7. The van der Waals surface area contributed by atoms with Crippen molar-refractivity contribution in [3.05, 3.63) is 30.1 Å². The molecule has 8 heteroatoms. The number of carbonyl (C=O) groups excluding carboxylic acids is 1. The molecule has 132 valence electrons. The normalized spacial score (nSPS) is 14.2. The Labute approximate surface area is 146 Å². The predicted octanol–water partition coefficient (Wildman–Crippen LogP) is 1.63. The smallest absolute Gasteiger partial charge is 0.231 e. The molecule has 0 aliphatic carbocycles. The van der Waals surface area contributed by atoms with Gasteiger partial charge in [0, 0.05) is 32.4 Å². The second-order valence-electron chi connectivity index (χ2n) is 5.67. The van der Waals surface area contributed by atoms with Gasteiger partial charge in [0.1, 0.15) is 5.82 Å². The van der Waals surface area contributed by atoms with E-state index < -0.39 is 0 Å². The first-order valence-electron chi connectivity index (χ1n) is 8.37. The molecular weight excluding hydrogens is 320 g/mol. The van der Waals surface area contributed by atoms with Crippen molar-refractivity contribution < 1.29 is 9.53 Å². The maximum Gasteiger partial charge on any atom is 0.231 e. The summed E-state index contributed by atoms with van der Waals surface area (Å²) in [5.74, 6) is 1.13. The van der Waals surface area contributed by atoms with Crippen molar-refractivity contribution in [3.8, 4) is 5.88 Å². The van der Waals surface area contributed by atoms with Crippen LogP contribution in [0.4, 0.5) is 17.5 Å². The number of Topliss-reactive ketones (excluding diaryl/α,β-unsaturated/α-hetero) is 1. The maximum atomic E-state index is 11.6. The number of hydrogen-bond donors (Lipinski definition) is 2. The Morgan fingerprint density at radius 3 is 2.72 bits per heavy atom. The number of nitrogens with one attached hydrogen (secondary N) is 2. The van der Waals surface area contributed by atoms with Gasteiger partial charge in [-0.15, -0.1) is 0 Å². The SMILES string of the molecule is CCOc1nc(Nc2ccc(N3CCNCC3)cn2)ncc1C(C)=O. The van der Waals surface area contributed by atoms with Crippen LogP contribution in [0.15, 0.2) is 24.5 Å². The Morgan fingerprint density at radius 1 is 1.28 bits per heavy atom. The molecule has 3 heterocycles. The molecule has 2 N–H and O–H groups in total. The molecule has 0 radical (unpaired) electrons. The molecular formula is C17H22N6O2. The fourth-order valence-electron chi connectivity index (χ4n) is 2.60. The van der Waals surface area contributed by atoms with E-state index in [2.05, 4.69) is 30.5 Å². The second kappa shape index (κ2) is 7.89. The Bertz CT molecular complexity index is 728. The van der Waals surface area contributed by atoms with Crippen molar-refractivity contribution in [3.63, 3.8) is 0 Å². The summed E-state index contributed by atoms with van der Waals surface area (Å²) in [6, 6.07) is 3.91. The molecule has 2 aromatic heterocycles. The maximum absolute atomic E-state index is 11.6. The van der Waals surface area contributed by atoms with Crippen LogP contribution in [0.5, 0.6) is 5.88 Å². The van der Waals surface area contributed by atoms with Crippen molar-refractivity contribution in [2.75, 3.05) is 43.0 Å². The summed E-state index contributed by atoms with van der Waals surface area (Å²) in [6.45, 7) is 7.64. The number of piperazine rings is 1. The zero-order valence-electron chi connectivity index (χ0n) is 14.5. The Morgan fingerprint density at radius 2 is 2.08 bits per heavy atom. The van der Waals surface area contributed by atoms with E-state index in [1.54, 1.807) is 0 Å². The van der Waals surface area contributed by atoms with Crippen molar-refractivity contribution in [1.29, 1.82) is 0 Å². The zero-order chi connectivity index (χ0) is 17.6. The molecule has 0 saturated carbocycles. The Balaban J connectivity index is 1.73. The zero-order valence-corrected chi connectivity index (χ0v) is 14.5. The Kier molecular flexibility index (Phi) is 5.39. The highest BCUT2D eigenvalue weighted by molar-refractivity contribution is 5.96. The van der Waals surface area contributed by atoms with Gasteiger partial charge in [-0.25, -0.2) is 9.97 Å². The number of rotatable bonds is 6. The molecule has 8 nitrogen and oxygen atoms in total. The lowest BCUT2D eigenvalue weighted by Gasteiger charge is -2.29. The van der Waals surface area contributed by atoms with Gasteiger partial charge in [-0.2, -0.15) is 4.98 Å². The van der Waals surface area contributed by atoms with Gasteiger partial charge in [0.15, 0.2) is 5.78 Å². The largest absolute Gasteiger partial charge is 0.477 e. The third kappa shape index (κ3) is 4.21. The number of aromatic nitrogens is 3. The first kappa shape index (κ1) is 17.1. The van der Waals surface area contributed by atoms with Gasteiger partial charge < -0.3 is 20.3 Å². The first-order chi connectivity index (χ1) is 12.2. The molecule has 25 heavy (non-hydrogen) atoms. The second-order valence-corrected chi connectivity index (χ2v) is 5.67. The monoisotopic (exact) mass is 342 g/mol. The standard InChI is InChI=1S/C17H22N6O2/c1-3-25-16-14(12(2)24)11-20-17(22-16)21-15-5-4-13(10-19-15)23-8-6-18-7-9-23/h4-5,10-11,18H,3,6-9H2,1-2H3,(H,19,20,21,22). The van der Waals surface area contributed by atoms with Gasteiger partial charge >= 0.3 is 0 Å². The minimum Gasteiger partial charge on any atom is -0.477 e. The molecule has 0 spiro atoms. The van der Waals surface area contributed by atoms with E-state index in [-0.39, 0.29) is 11.7 Å². The van der Waals surface area contributed by atoms with Gasteiger partial charge in [0.05, 0.1) is 24.1 Å². The van der Waals surface area contributed by atoms with Crippen molar-refractivity contribution >= 4 is 23.2 Å². The van der Waals surface area contributed by atoms with Gasteiger partial charge in [-0.3, -0.25) is 4.79 Å². The number of nitrogens with zero attached hydrogens (tertiary/aromatic N) is 4. The van der Waals surface area contributed by atoms with Gasteiger partial charge in [0.2, 0.25) is 11.8 Å². The predicted molar refractivity (Wildman–Crippen MR) is 95.8 cm³/mol. The van der Waals surface area contributed by atoms with E-state index in [9.17, 15) is 4.79 Å². The molecule has 1 fully saturated rings. The molecule has 1 aliphatic rings. The minimum atomic E-state index is -0.131. The third-order valence-corrected chi connectivity index (χ3v) is 3.88. The van der Waals surface area contributed by atoms with Crippen LogP contribution >= 0.6 is 0 Å². The lowest BCUT2D eigenvalue weighted by atomic mass is 10.2. The molecule has 2 aromatic rings. The van der Waals surface area contributed by atoms with Crippen LogP contribution in [0.1, 0.15) is 24.2 Å². The number of ether oxygens (including phenoxy) is 1. The molecule has 0 unspecified atom stereocenters. The van der Waals surface area contributed by atoms with Crippen molar-refractivity contribution in [2.45, 2.75) is 13.8 Å². The fraction of sp³-hybridized carbons (Fsp3) is 0.412. The Hall–Kier alpha value is -2.74. The first-order valence-corrected chi connectivity index (χ1v) is 8.37. The number of anilines is 3. The highest BCUT2D eigenvalue weighted by Gasteiger charge is 2.13. The van der Waals surface area contributed by atoms with Crippen LogP contribution in [0.3, 0.4) is 0 Å². The van der Waals surface area contributed by atoms with Crippen molar-refractivity contribution in [2.24, 2.45) is 0 Å². The molecule has 1 saturated heterocycles. The lowest BCUT2D eigenvalue weighted by molar-refractivity contribution is 0.101. The number of ketones is 1. The van der Waals surface area contributed by atoms with Crippen LogP contribution < -0.4 is 20.3 Å². The fourth-order valence-corrected chi connectivity index (χ4v) is 2.60. The van der Waals surface area contributed by atoms with Crippen molar-refractivity contribution in [1.82, 2.24) is 20.3 Å². The molecule has 0 aromatic carbocycles. The lowest BCUT2D eigenvalue weighted by Crippen LogP contribution is -2.43. The van der Waals surface area contributed by atoms with E-state index in [1.165, 1.54) is 13.1 Å². The highest BCUT2D eigenvalue weighted by atomic mass is 16.5. The minimum absolute atomic E-state index is 0.131. The quantitative estimate of drug-likeness (QED) is 0.765. The summed E-state index contributed by atoms with van der Waals surface area (Å²) >= 11 is 0. The topological polar surface area (TPSA) is 92.3 Å². The summed E-state index contributed by atoms with van der Waals surface area (Å²) in [5, 5.41) is 6.37. The molecule has 3 rings (SSSR count). The van der Waals surface area contributed by atoms with Crippen LogP contribution in [0.25, 0.3) is 0 Å². The summed E-state index contributed by atoms with van der Waals surface area (Å²) < 4.78 is 5.43. The van der Waals surface area contributed by atoms with E-state index in [1.807, 2.05) is 25.3 Å².